The predicted molar refractivity (Wildman–Crippen MR) is 75.9 cm³/mol. The monoisotopic (exact) mass is 282 g/mol. The quantitative estimate of drug-likeness (QED) is 0.835. The van der Waals surface area contributed by atoms with Gasteiger partial charge in [-0.2, -0.15) is 0 Å². The lowest BCUT2D eigenvalue weighted by molar-refractivity contribution is -0.118. The van der Waals surface area contributed by atoms with Gasteiger partial charge < -0.3 is 10.6 Å². The standard InChI is InChI=1S/C13H18N2O3S/c1-19(17,18)8-2-7-15-12-5-4-11(14)9-10(12)3-6-13(15)16/h4-5,9H,2-3,6-8,14H2,1H3. The minimum Gasteiger partial charge on any atom is -0.399 e. The summed E-state index contributed by atoms with van der Waals surface area (Å²) in [7, 11) is -2.98. The van der Waals surface area contributed by atoms with Crippen molar-refractivity contribution < 1.29 is 13.2 Å². The summed E-state index contributed by atoms with van der Waals surface area (Å²) < 4.78 is 22.2. The van der Waals surface area contributed by atoms with E-state index < -0.39 is 9.84 Å². The Labute approximate surface area is 113 Å². The molecule has 0 bridgehead atoms. The van der Waals surface area contributed by atoms with Crippen molar-refractivity contribution in [2.75, 3.05) is 29.2 Å². The van der Waals surface area contributed by atoms with Crippen molar-refractivity contribution >= 4 is 27.1 Å². The third-order valence-corrected chi connectivity index (χ3v) is 4.23. The summed E-state index contributed by atoms with van der Waals surface area (Å²) in [6.45, 7) is 0.433. The number of benzene rings is 1. The molecule has 1 aromatic carbocycles. The van der Waals surface area contributed by atoms with Gasteiger partial charge in [0.05, 0.1) is 5.75 Å². The average Bonchev–Trinajstić information content (AvgIpc) is 2.30. The van der Waals surface area contributed by atoms with Gasteiger partial charge in [-0.25, -0.2) is 8.42 Å². The van der Waals surface area contributed by atoms with Crippen molar-refractivity contribution in [3.63, 3.8) is 0 Å². The van der Waals surface area contributed by atoms with Crippen molar-refractivity contribution in [1.82, 2.24) is 0 Å². The Balaban J connectivity index is 2.14. The fourth-order valence-electron chi connectivity index (χ4n) is 2.31. The van der Waals surface area contributed by atoms with Gasteiger partial charge >= 0.3 is 0 Å². The second-order valence-corrected chi connectivity index (χ2v) is 7.18. The molecule has 0 fully saturated rings. The van der Waals surface area contributed by atoms with E-state index in [1.54, 1.807) is 11.0 Å². The van der Waals surface area contributed by atoms with E-state index in [-0.39, 0.29) is 11.7 Å². The number of amides is 1. The molecule has 0 saturated carbocycles. The first-order chi connectivity index (χ1) is 8.87. The van der Waals surface area contributed by atoms with E-state index in [9.17, 15) is 13.2 Å². The Morgan fingerprint density at radius 1 is 1.32 bits per heavy atom. The number of carbonyl (C=O) groups is 1. The first kappa shape index (κ1) is 13.9. The molecule has 0 aromatic heterocycles. The first-order valence-corrected chi connectivity index (χ1v) is 8.29. The Morgan fingerprint density at radius 3 is 2.74 bits per heavy atom. The van der Waals surface area contributed by atoms with Crippen LogP contribution in [0.5, 0.6) is 0 Å². The summed E-state index contributed by atoms with van der Waals surface area (Å²) in [6, 6.07) is 5.48. The molecule has 0 unspecified atom stereocenters. The maximum absolute atomic E-state index is 11.9. The molecule has 19 heavy (non-hydrogen) atoms. The molecule has 0 radical (unpaired) electrons. The maximum Gasteiger partial charge on any atom is 0.227 e. The fourth-order valence-corrected chi connectivity index (χ4v) is 2.96. The molecule has 1 aromatic rings. The average molecular weight is 282 g/mol. The minimum absolute atomic E-state index is 0.0470. The molecule has 2 rings (SSSR count). The van der Waals surface area contributed by atoms with E-state index in [0.29, 0.717) is 31.5 Å². The predicted octanol–water partition coefficient (Wildman–Crippen LogP) is 0.983. The van der Waals surface area contributed by atoms with Crippen LogP contribution in [0.1, 0.15) is 18.4 Å². The summed E-state index contributed by atoms with van der Waals surface area (Å²) in [4.78, 5) is 13.6. The van der Waals surface area contributed by atoms with Gasteiger partial charge in [0, 0.05) is 30.6 Å². The highest BCUT2D eigenvalue weighted by Gasteiger charge is 2.23. The SMILES string of the molecule is CS(=O)(=O)CCCN1C(=O)CCc2cc(N)ccc21. The van der Waals surface area contributed by atoms with E-state index >= 15 is 0 Å². The van der Waals surface area contributed by atoms with Gasteiger partial charge in [-0.15, -0.1) is 0 Å². The third kappa shape index (κ3) is 3.47. The van der Waals surface area contributed by atoms with Gasteiger partial charge in [-0.3, -0.25) is 4.79 Å². The van der Waals surface area contributed by atoms with Crippen LogP contribution < -0.4 is 10.6 Å². The van der Waals surface area contributed by atoms with Crippen LogP contribution >= 0.6 is 0 Å². The van der Waals surface area contributed by atoms with Crippen molar-refractivity contribution in [2.45, 2.75) is 19.3 Å². The zero-order valence-corrected chi connectivity index (χ0v) is 11.7. The summed E-state index contributed by atoms with van der Waals surface area (Å²) in [5.74, 6) is 0.145. The van der Waals surface area contributed by atoms with E-state index in [1.165, 1.54) is 6.26 Å². The number of nitrogen functional groups attached to an aromatic ring is 1. The van der Waals surface area contributed by atoms with Crippen LogP contribution in [-0.2, 0) is 21.1 Å². The Bertz CT molecular complexity index is 596. The van der Waals surface area contributed by atoms with E-state index in [4.69, 9.17) is 5.73 Å². The number of rotatable bonds is 4. The van der Waals surface area contributed by atoms with Crippen LogP contribution in [0.3, 0.4) is 0 Å². The number of anilines is 2. The second kappa shape index (κ2) is 5.21. The summed E-state index contributed by atoms with van der Waals surface area (Å²) in [6.07, 6.45) is 2.81. The van der Waals surface area contributed by atoms with Gasteiger partial charge in [0.25, 0.3) is 0 Å². The first-order valence-electron chi connectivity index (χ1n) is 6.23. The number of hydrogen-bond acceptors (Lipinski definition) is 4. The van der Waals surface area contributed by atoms with Crippen molar-refractivity contribution in [2.24, 2.45) is 0 Å². The number of carbonyl (C=O) groups excluding carboxylic acids is 1. The second-order valence-electron chi connectivity index (χ2n) is 4.92. The number of nitrogens with two attached hydrogens (primary N) is 1. The van der Waals surface area contributed by atoms with Crippen LogP contribution in [-0.4, -0.2) is 32.9 Å². The fraction of sp³-hybridized carbons (Fsp3) is 0.462. The molecule has 6 heteroatoms. The highest BCUT2D eigenvalue weighted by molar-refractivity contribution is 7.90. The number of nitrogens with zero attached hydrogens (tertiary/aromatic N) is 1. The van der Waals surface area contributed by atoms with Crippen LogP contribution in [0.25, 0.3) is 0 Å². The topological polar surface area (TPSA) is 80.5 Å². The molecule has 1 aliphatic heterocycles. The number of hydrogen-bond donors (Lipinski definition) is 1. The van der Waals surface area contributed by atoms with Gasteiger partial charge in [-0.1, -0.05) is 0 Å². The van der Waals surface area contributed by atoms with Crippen LogP contribution in [0.2, 0.25) is 0 Å². The zero-order chi connectivity index (χ0) is 14.0. The molecule has 1 amide bonds. The molecule has 5 nitrogen and oxygen atoms in total. The third-order valence-electron chi connectivity index (χ3n) is 3.20. The Morgan fingerprint density at radius 2 is 2.05 bits per heavy atom. The van der Waals surface area contributed by atoms with Gasteiger partial charge in [0.15, 0.2) is 0 Å². The lowest BCUT2D eigenvalue weighted by Crippen LogP contribution is -2.36. The Hall–Kier alpha value is -1.56. The molecule has 0 atom stereocenters. The van der Waals surface area contributed by atoms with Crippen LogP contribution in [0.15, 0.2) is 18.2 Å². The summed E-state index contributed by atoms with van der Waals surface area (Å²) in [5.41, 5.74) is 8.34. The lowest BCUT2D eigenvalue weighted by Gasteiger charge is -2.29. The number of aryl methyl sites for hydroxylation is 1. The zero-order valence-electron chi connectivity index (χ0n) is 10.9. The van der Waals surface area contributed by atoms with Crippen LogP contribution in [0, 0.1) is 0 Å². The van der Waals surface area contributed by atoms with Crippen molar-refractivity contribution in [1.29, 1.82) is 0 Å². The van der Waals surface area contributed by atoms with E-state index in [0.717, 1.165) is 11.3 Å². The Kier molecular flexibility index (Phi) is 3.80. The molecule has 1 aliphatic rings. The molecule has 2 N–H and O–H groups in total. The van der Waals surface area contributed by atoms with Gasteiger partial charge in [0.2, 0.25) is 5.91 Å². The molecule has 1 heterocycles. The highest BCUT2D eigenvalue weighted by Crippen LogP contribution is 2.29. The van der Waals surface area contributed by atoms with Gasteiger partial charge in [0.1, 0.15) is 9.84 Å². The number of sulfone groups is 1. The normalized spacial score (nSPS) is 15.4. The highest BCUT2D eigenvalue weighted by atomic mass is 32.2. The van der Waals surface area contributed by atoms with Crippen LogP contribution in [0.4, 0.5) is 11.4 Å². The lowest BCUT2D eigenvalue weighted by atomic mass is 10.0. The smallest absolute Gasteiger partial charge is 0.227 e. The minimum atomic E-state index is -2.98. The van der Waals surface area contributed by atoms with Gasteiger partial charge in [-0.05, 0) is 36.6 Å². The largest absolute Gasteiger partial charge is 0.399 e. The summed E-state index contributed by atoms with van der Waals surface area (Å²) >= 11 is 0. The maximum atomic E-state index is 11.9. The molecular formula is C13H18N2O3S. The molecule has 0 saturated heterocycles. The van der Waals surface area contributed by atoms with E-state index in [2.05, 4.69) is 0 Å². The molecule has 0 aliphatic carbocycles. The van der Waals surface area contributed by atoms with E-state index in [1.807, 2.05) is 12.1 Å². The molecule has 0 spiro atoms. The molecular weight excluding hydrogens is 264 g/mol. The number of fused-ring (bicyclic) bond motifs is 1. The van der Waals surface area contributed by atoms with Crippen molar-refractivity contribution in [3.05, 3.63) is 23.8 Å². The molecule has 104 valence electrons. The van der Waals surface area contributed by atoms with Crippen molar-refractivity contribution in [3.8, 4) is 0 Å². The summed E-state index contributed by atoms with van der Waals surface area (Å²) in [5, 5.41) is 0.